The molecule has 0 atom stereocenters. The molecular weight excluding hydrogens is 360 g/mol. The van der Waals surface area contributed by atoms with Gasteiger partial charge in [-0.2, -0.15) is 0 Å². The van der Waals surface area contributed by atoms with Gasteiger partial charge in [0.1, 0.15) is 11.5 Å². The van der Waals surface area contributed by atoms with Gasteiger partial charge in [-0.3, -0.25) is 10.1 Å². The topological polar surface area (TPSA) is 60.5 Å². The summed E-state index contributed by atoms with van der Waals surface area (Å²) in [6.45, 7) is 2.81. The van der Waals surface area contributed by atoms with Crippen LogP contribution in [0.4, 0.5) is 5.13 Å². The van der Waals surface area contributed by atoms with E-state index >= 15 is 0 Å². The largest absolute Gasteiger partial charge is 0.497 e. The maximum absolute atomic E-state index is 12.4. The van der Waals surface area contributed by atoms with Crippen molar-refractivity contribution in [3.05, 3.63) is 59.5 Å². The highest BCUT2D eigenvalue weighted by atomic mass is 32.1. The first-order valence-electron chi connectivity index (χ1n) is 8.83. The molecule has 0 saturated carbocycles. The highest BCUT2D eigenvalue weighted by Crippen LogP contribution is 2.26. The number of anilines is 1. The number of hydrogen-bond donors (Lipinski definition) is 1. The van der Waals surface area contributed by atoms with Crippen LogP contribution in [0.15, 0.2) is 53.9 Å². The van der Waals surface area contributed by atoms with E-state index in [0.717, 1.165) is 35.6 Å². The molecule has 3 aromatic rings. The highest BCUT2D eigenvalue weighted by molar-refractivity contribution is 7.14. The molecule has 0 radical (unpaired) electrons. The molecule has 6 heteroatoms. The highest BCUT2D eigenvalue weighted by Gasteiger charge is 2.10. The average molecular weight is 382 g/mol. The van der Waals surface area contributed by atoms with Gasteiger partial charge in [-0.1, -0.05) is 13.3 Å². The molecular formula is C21H22N2O3S. The fourth-order valence-corrected chi connectivity index (χ4v) is 3.15. The van der Waals surface area contributed by atoms with E-state index in [-0.39, 0.29) is 5.91 Å². The number of unbranched alkanes of at least 4 members (excludes halogenated alkanes) is 1. The van der Waals surface area contributed by atoms with Crippen molar-refractivity contribution >= 4 is 22.4 Å². The van der Waals surface area contributed by atoms with Gasteiger partial charge in [-0.05, 0) is 55.0 Å². The standard InChI is InChI=1S/C21H22N2O3S/c1-3-4-13-26-18-11-7-16(8-12-18)20(24)23-21-22-19(14-27-21)15-5-9-17(25-2)10-6-15/h5-12,14H,3-4,13H2,1-2H3,(H,22,23,24). The van der Waals surface area contributed by atoms with Crippen molar-refractivity contribution in [2.45, 2.75) is 19.8 Å². The number of amides is 1. The summed E-state index contributed by atoms with van der Waals surface area (Å²) < 4.78 is 10.8. The zero-order chi connectivity index (χ0) is 19.1. The Labute approximate surface area is 163 Å². The fourth-order valence-electron chi connectivity index (χ4n) is 2.43. The van der Waals surface area contributed by atoms with Crippen molar-refractivity contribution in [3.8, 4) is 22.8 Å². The van der Waals surface area contributed by atoms with Crippen LogP contribution >= 0.6 is 11.3 Å². The molecule has 0 aliphatic carbocycles. The quantitative estimate of drug-likeness (QED) is 0.541. The van der Waals surface area contributed by atoms with Gasteiger partial charge in [0.05, 0.1) is 19.4 Å². The van der Waals surface area contributed by atoms with Crippen LogP contribution in [0.5, 0.6) is 11.5 Å². The molecule has 0 spiro atoms. The van der Waals surface area contributed by atoms with Crippen molar-refractivity contribution in [3.63, 3.8) is 0 Å². The summed E-state index contributed by atoms with van der Waals surface area (Å²) in [5.74, 6) is 1.38. The Hall–Kier alpha value is -2.86. The van der Waals surface area contributed by atoms with E-state index < -0.39 is 0 Å². The molecule has 27 heavy (non-hydrogen) atoms. The first-order valence-corrected chi connectivity index (χ1v) is 9.71. The van der Waals surface area contributed by atoms with Crippen LogP contribution in [-0.2, 0) is 0 Å². The van der Waals surface area contributed by atoms with E-state index in [1.54, 1.807) is 19.2 Å². The van der Waals surface area contributed by atoms with Gasteiger partial charge in [-0.25, -0.2) is 4.98 Å². The molecule has 0 aliphatic rings. The van der Waals surface area contributed by atoms with E-state index in [1.807, 2.05) is 41.8 Å². The third-order valence-corrected chi connectivity index (χ3v) is 4.75. The minimum Gasteiger partial charge on any atom is -0.497 e. The van der Waals surface area contributed by atoms with Gasteiger partial charge in [0.15, 0.2) is 5.13 Å². The Morgan fingerprint density at radius 2 is 1.78 bits per heavy atom. The second kappa shape index (κ2) is 9.19. The van der Waals surface area contributed by atoms with Crippen LogP contribution in [0, 0.1) is 0 Å². The number of thiazole rings is 1. The summed E-state index contributed by atoms with van der Waals surface area (Å²) in [5, 5.41) is 5.33. The average Bonchev–Trinajstić information content (AvgIpc) is 3.17. The number of nitrogens with one attached hydrogen (secondary N) is 1. The van der Waals surface area contributed by atoms with Crippen molar-refractivity contribution in [1.82, 2.24) is 4.98 Å². The third-order valence-electron chi connectivity index (χ3n) is 3.99. The first-order chi connectivity index (χ1) is 13.2. The number of ether oxygens (including phenoxy) is 2. The van der Waals surface area contributed by atoms with E-state index in [9.17, 15) is 4.79 Å². The Bertz CT molecular complexity index is 873. The summed E-state index contributed by atoms with van der Waals surface area (Å²) in [6, 6.07) is 14.8. The minimum absolute atomic E-state index is 0.189. The molecule has 2 aromatic carbocycles. The van der Waals surface area contributed by atoms with Gasteiger partial charge >= 0.3 is 0 Å². The van der Waals surface area contributed by atoms with Crippen molar-refractivity contribution < 1.29 is 14.3 Å². The molecule has 1 heterocycles. The van der Waals surface area contributed by atoms with Crippen LogP contribution in [0.3, 0.4) is 0 Å². The summed E-state index contributed by atoms with van der Waals surface area (Å²) in [4.78, 5) is 16.9. The van der Waals surface area contributed by atoms with Gasteiger partial charge in [0, 0.05) is 16.5 Å². The summed E-state index contributed by atoms with van der Waals surface area (Å²) in [5.41, 5.74) is 2.36. The number of carbonyl (C=O) groups excluding carboxylic acids is 1. The summed E-state index contributed by atoms with van der Waals surface area (Å²) in [7, 11) is 1.63. The number of methoxy groups -OCH3 is 1. The van der Waals surface area contributed by atoms with Crippen LogP contribution in [0.2, 0.25) is 0 Å². The van der Waals surface area contributed by atoms with Gasteiger partial charge in [0.25, 0.3) is 5.91 Å². The van der Waals surface area contributed by atoms with Crippen molar-refractivity contribution in [2.75, 3.05) is 19.0 Å². The number of carbonyl (C=O) groups is 1. The van der Waals surface area contributed by atoms with Crippen molar-refractivity contribution in [2.24, 2.45) is 0 Å². The van der Waals surface area contributed by atoms with Crippen LogP contribution < -0.4 is 14.8 Å². The number of aromatic nitrogens is 1. The predicted molar refractivity (Wildman–Crippen MR) is 109 cm³/mol. The molecule has 0 aliphatic heterocycles. The summed E-state index contributed by atoms with van der Waals surface area (Å²) >= 11 is 1.40. The van der Waals surface area contributed by atoms with Crippen molar-refractivity contribution in [1.29, 1.82) is 0 Å². The maximum atomic E-state index is 12.4. The van der Waals surface area contributed by atoms with E-state index in [0.29, 0.717) is 17.3 Å². The zero-order valence-corrected chi connectivity index (χ0v) is 16.2. The zero-order valence-electron chi connectivity index (χ0n) is 15.4. The molecule has 0 saturated heterocycles. The smallest absolute Gasteiger partial charge is 0.257 e. The molecule has 5 nitrogen and oxygen atoms in total. The molecule has 0 unspecified atom stereocenters. The molecule has 0 fully saturated rings. The van der Waals surface area contributed by atoms with E-state index in [4.69, 9.17) is 9.47 Å². The molecule has 1 aromatic heterocycles. The lowest BCUT2D eigenvalue weighted by Crippen LogP contribution is -2.11. The lowest BCUT2D eigenvalue weighted by Gasteiger charge is -2.06. The normalized spacial score (nSPS) is 10.4. The lowest BCUT2D eigenvalue weighted by molar-refractivity contribution is 0.102. The predicted octanol–water partition coefficient (Wildman–Crippen LogP) is 5.25. The van der Waals surface area contributed by atoms with E-state index in [2.05, 4.69) is 17.2 Å². The third kappa shape index (κ3) is 5.08. The second-order valence-electron chi connectivity index (χ2n) is 5.95. The fraction of sp³-hybridized carbons (Fsp3) is 0.238. The van der Waals surface area contributed by atoms with Gasteiger partial charge in [-0.15, -0.1) is 11.3 Å². The molecule has 1 amide bonds. The number of rotatable bonds is 8. The lowest BCUT2D eigenvalue weighted by atomic mass is 10.2. The number of benzene rings is 2. The summed E-state index contributed by atoms with van der Waals surface area (Å²) in [6.07, 6.45) is 2.11. The number of nitrogens with zero attached hydrogens (tertiary/aromatic N) is 1. The first kappa shape index (κ1) is 18.9. The monoisotopic (exact) mass is 382 g/mol. The Balaban J connectivity index is 1.61. The Kier molecular flexibility index (Phi) is 6.44. The molecule has 1 N–H and O–H groups in total. The SMILES string of the molecule is CCCCOc1ccc(C(=O)Nc2nc(-c3ccc(OC)cc3)cs2)cc1. The van der Waals surface area contributed by atoms with E-state index in [1.165, 1.54) is 11.3 Å². The maximum Gasteiger partial charge on any atom is 0.257 e. The Morgan fingerprint density at radius 3 is 2.44 bits per heavy atom. The van der Waals surface area contributed by atoms with Crippen LogP contribution in [0.25, 0.3) is 11.3 Å². The number of hydrogen-bond acceptors (Lipinski definition) is 5. The van der Waals surface area contributed by atoms with Crippen LogP contribution in [-0.4, -0.2) is 24.6 Å². The Morgan fingerprint density at radius 1 is 1.07 bits per heavy atom. The minimum atomic E-state index is -0.189. The van der Waals surface area contributed by atoms with Crippen LogP contribution in [0.1, 0.15) is 30.1 Å². The molecule has 140 valence electrons. The molecule has 0 bridgehead atoms. The van der Waals surface area contributed by atoms with Gasteiger partial charge < -0.3 is 9.47 Å². The molecule has 3 rings (SSSR count). The second-order valence-corrected chi connectivity index (χ2v) is 6.81. The van der Waals surface area contributed by atoms with Gasteiger partial charge in [0.2, 0.25) is 0 Å².